The smallest absolute Gasteiger partial charge is 0.336 e. The van der Waals surface area contributed by atoms with Gasteiger partial charge in [0.15, 0.2) is 6.61 Å². The van der Waals surface area contributed by atoms with E-state index in [0.29, 0.717) is 24.4 Å². The standard InChI is InChI=1S/C20H25NO5/c1-4-14-10-19(23)26-17-9-13(2)8-16(20(14)17)25-12-18(22)21-7-5-6-15(21)11-24-3/h8-10,15H,4-7,11-12H2,1-3H3/t15-/m0/s1. The molecular formula is C20H25NO5. The van der Waals surface area contributed by atoms with E-state index in [2.05, 4.69) is 0 Å². The van der Waals surface area contributed by atoms with Gasteiger partial charge in [-0.2, -0.15) is 0 Å². The van der Waals surface area contributed by atoms with Crippen molar-refractivity contribution in [3.05, 3.63) is 39.7 Å². The summed E-state index contributed by atoms with van der Waals surface area (Å²) in [7, 11) is 1.65. The van der Waals surface area contributed by atoms with Crippen LogP contribution in [0.4, 0.5) is 0 Å². The molecule has 6 nitrogen and oxygen atoms in total. The van der Waals surface area contributed by atoms with Crippen LogP contribution in [0.2, 0.25) is 0 Å². The van der Waals surface area contributed by atoms with Crippen molar-refractivity contribution in [3.8, 4) is 5.75 Å². The molecule has 1 saturated heterocycles. The predicted octanol–water partition coefficient (Wildman–Crippen LogP) is 2.68. The largest absolute Gasteiger partial charge is 0.483 e. The normalized spacial score (nSPS) is 17.0. The highest BCUT2D eigenvalue weighted by molar-refractivity contribution is 5.88. The third kappa shape index (κ3) is 3.75. The number of aryl methyl sites for hydroxylation is 2. The summed E-state index contributed by atoms with van der Waals surface area (Å²) in [6, 6.07) is 5.31. The van der Waals surface area contributed by atoms with Crippen molar-refractivity contribution in [3.63, 3.8) is 0 Å². The van der Waals surface area contributed by atoms with Crippen LogP contribution < -0.4 is 10.4 Å². The summed E-state index contributed by atoms with van der Waals surface area (Å²) >= 11 is 0. The summed E-state index contributed by atoms with van der Waals surface area (Å²) in [5.74, 6) is 0.533. The van der Waals surface area contributed by atoms with Gasteiger partial charge in [0.2, 0.25) is 0 Å². The van der Waals surface area contributed by atoms with Crippen molar-refractivity contribution >= 4 is 16.9 Å². The Morgan fingerprint density at radius 1 is 1.35 bits per heavy atom. The first-order valence-electron chi connectivity index (χ1n) is 9.02. The highest BCUT2D eigenvalue weighted by Crippen LogP contribution is 2.30. The lowest BCUT2D eigenvalue weighted by Gasteiger charge is -2.24. The third-order valence-corrected chi connectivity index (χ3v) is 4.82. The Hall–Kier alpha value is -2.34. The van der Waals surface area contributed by atoms with Gasteiger partial charge in [-0.1, -0.05) is 6.92 Å². The van der Waals surface area contributed by atoms with Gasteiger partial charge in [-0.3, -0.25) is 4.79 Å². The zero-order valence-corrected chi connectivity index (χ0v) is 15.5. The van der Waals surface area contributed by atoms with Crippen molar-refractivity contribution < 1.29 is 18.7 Å². The fourth-order valence-electron chi connectivity index (χ4n) is 3.62. The molecule has 1 atom stereocenters. The van der Waals surface area contributed by atoms with Crippen molar-refractivity contribution in [2.75, 3.05) is 26.9 Å². The number of carbonyl (C=O) groups excluding carboxylic acids is 1. The van der Waals surface area contributed by atoms with Gasteiger partial charge in [0.05, 0.1) is 18.0 Å². The molecule has 140 valence electrons. The summed E-state index contributed by atoms with van der Waals surface area (Å²) < 4.78 is 16.4. The topological polar surface area (TPSA) is 69.0 Å². The Bertz CT molecular complexity index is 857. The molecule has 1 aliphatic heterocycles. The quantitative estimate of drug-likeness (QED) is 0.742. The van der Waals surface area contributed by atoms with Crippen LogP contribution in [0.25, 0.3) is 11.0 Å². The summed E-state index contributed by atoms with van der Waals surface area (Å²) in [6.07, 6.45) is 2.62. The second-order valence-electron chi connectivity index (χ2n) is 6.71. The van der Waals surface area contributed by atoms with Crippen molar-refractivity contribution in [2.24, 2.45) is 0 Å². The van der Waals surface area contributed by atoms with Crippen LogP contribution in [0.1, 0.15) is 30.9 Å². The molecule has 0 bridgehead atoms. The number of carbonyl (C=O) groups is 1. The van der Waals surface area contributed by atoms with Gasteiger partial charge >= 0.3 is 5.63 Å². The minimum atomic E-state index is -0.374. The number of fused-ring (bicyclic) bond motifs is 1. The summed E-state index contributed by atoms with van der Waals surface area (Å²) in [5.41, 5.74) is 1.89. The number of rotatable bonds is 6. The van der Waals surface area contributed by atoms with E-state index in [0.717, 1.165) is 35.9 Å². The van der Waals surface area contributed by atoms with Gasteiger partial charge in [-0.25, -0.2) is 4.79 Å². The number of benzene rings is 1. The second-order valence-corrected chi connectivity index (χ2v) is 6.71. The fourth-order valence-corrected chi connectivity index (χ4v) is 3.62. The molecule has 2 aromatic rings. The zero-order chi connectivity index (χ0) is 18.7. The summed E-state index contributed by atoms with van der Waals surface area (Å²) in [4.78, 5) is 26.2. The summed E-state index contributed by atoms with van der Waals surface area (Å²) in [5, 5.41) is 0.764. The molecule has 1 amide bonds. The maximum absolute atomic E-state index is 12.6. The molecule has 2 heterocycles. The number of hydrogen-bond donors (Lipinski definition) is 0. The number of nitrogens with zero attached hydrogens (tertiary/aromatic N) is 1. The molecule has 26 heavy (non-hydrogen) atoms. The Kier molecular flexibility index (Phi) is 5.61. The van der Waals surface area contributed by atoms with Crippen LogP contribution >= 0.6 is 0 Å². The van der Waals surface area contributed by atoms with E-state index in [4.69, 9.17) is 13.9 Å². The summed E-state index contributed by atoms with van der Waals surface area (Å²) in [6.45, 7) is 5.12. The number of ether oxygens (including phenoxy) is 2. The van der Waals surface area contributed by atoms with Gasteiger partial charge in [0.25, 0.3) is 5.91 Å². The van der Waals surface area contributed by atoms with Crippen molar-refractivity contribution in [1.29, 1.82) is 0 Å². The van der Waals surface area contributed by atoms with Gasteiger partial charge in [-0.05, 0) is 49.4 Å². The monoisotopic (exact) mass is 359 g/mol. The van der Waals surface area contributed by atoms with E-state index in [1.807, 2.05) is 30.9 Å². The lowest BCUT2D eigenvalue weighted by Crippen LogP contribution is -2.40. The number of methoxy groups -OCH3 is 1. The van der Waals surface area contributed by atoms with Crippen molar-refractivity contribution in [1.82, 2.24) is 4.90 Å². The minimum Gasteiger partial charge on any atom is -0.483 e. The molecule has 6 heteroatoms. The van der Waals surface area contributed by atoms with Gasteiger partial charge in [-0.15, -0.1) is 0 Å². The highest BCUT2D eigenvalue weighted by atomic mass is 16.5. The number of amides is 1. The zero-order valence-electron chi connectivity index (χ0n) is 15.5. The maximum atomic E-state index is 12.6. The lowest BCUT2D eigenvalue weighted by molar-refractivity contribution is -0.135. The van der Waals surface area contributed by atoms with Crippen LogP contribution in [-0.2, 0) is 16.0 Å². The molecule has 1 fully saturated rings. The fraction of sp³-hybridized carbons (Fsp3) is 0.500. The van der Waals surface area contributed by atoms with E-state index in [1.165, 1.54) is 6.07 Å². The van der Waals surface area contributed by atoms with Crippen LogP contribution in [0.15, 0.2) is 27.4 Å². The molecule has 1 aromatic heterocycles. The minimum absolute atomic E-state index is 0.0406. The van der Waals surface area contributed by atoms with Gasteiger partial charge in [0, 0.05) is 19.7 Å². The average molecular weight is 359 g/mol. The molecule has 0 N–H and O–H groups in total. The van der Waals surface area contributed by atoms with Gasteiger partial charge < -0.3 is 18.8 Å². The van der Waals surface area contributed by atoms with E-state index in [-0.39, 0.29) is 24.2 Å². The Morgan fingerprint density at radius 2 is 2.15 bits per heavy atom. The first-order chi connectivity index (χ1) is 12.5. The van der Waals surface area contributed by atoms with Crippen LogP contribution in [0.3, 0.4) is 0 Å². The highest BCUT2D eigenvalue weighted by Gasteiger charge is 2.28. The Labute approximate surface area is 152 Å². The Morgan fingerprint density at radius 3 is 2.88 bits per heavy atom. The van der Waals surface area contributed by atoms with Gasteiger partial charge in [0.1, 0.15) is 11.3 Å². The van der Waals surface area contributed by atoms with Crippen LogP contribution in [0.5, 0.6) is 5.75 Å². The van der Waals surface area contributed by atoms with E-state index in [9.17, 15) is 9.59 Å². The molecule has 3 rings (SSSR count). The van der Waals surface area contributed by atoms with Crippen LogP contribution in [0, 0.1) is 6.92 Å². The van der Waals surface area contributed by atoms with E-state index < -0.39 is 0 Å². The molecule has 0 spiro atoms. The molecule has 1 aliphatic rings. The van der Waals surface area contributed by atoms with Crippen LogP contribution in [-0.4, -0.2) is 43.7 Å². The number of likely N-dealkylation sites (tertiary alicyclic amines) is 1. The average Bonchev–Trinajstić information content (AvgIpc) is 3.06. The third-order valence-electron chi connectivity index (χ3n) is 4.82. The SMILES string of the molecule is CCc1cc(=O)oc2cc(C)cc(OCC(=O)N3CCC[C@H]3COC)c12. The molecular weight excluding hydrogens is 334 g/mol. The van der Waals surface area contributed by atoms with E-state index in [1.54, 1.807) is 7.11 Å². The second kappa shape index (κ2) is 7.91. The predicted molar refractivity (Wildman–Crippen MR) is 98.7 cm³/mol. The maximum Gasteiger partial charge on any atom is 0.336 e. The number of hydrogen-bond acceptors (Lipinski definition) is 5. The van der Waals surface area contributed by atoms with E-state index >= 15 is 0 Å². The molecule has 0 radical (unpaired) electrons. The Balaban J connectivity index is 1.84. The first-order valence-corrected chi connectivity index (χ1v) is 9.02. The molecule has 0 unspecified atom stereocenters. The molecule has 0 aliphatic carbocycles. The lowest BCUT2D eigenvalue weighted by atomic mass is 10.1. The van der Waals surface area contributed by atoms with Crippen molar-refractivity contribution in [2.45, 2.75) is 39.2 Å². The first kappa shape index (κ1) is 18.5. The molecule has 1 aromatic carbocycles. The molecule has 0 saturated carbocycles.